The van der Waals surface area contributed by atoms with Crippen molar-refractivity contribution in [2.75, 3.05) is 32.2 Å². The molecular weight excluding hydrogens is 655 g/mol. The Labute approximate surface area is 248 Å². The van der Waals surface area contributed by atoms with Gasteiger partial charge in [0.2, 0.25) is 0 Å². The van der Waals surface area contributed by atoms with E-state index in [-0.39, 0.29) is 35.8 Å². The van der Waals surface area contributed by atoms with Gasteiger partial charge in [0.1, 0.15) is 12.4 Å². The average molecular weight is 679 g/mol. The van der Waals surface area contributed by atoms with Crippen LogP contribution in [0.2, 0.25) is 5.02 Å². The highest BCUT2D eigenvalue weighted by Crippen LogP contribution is 2.37. The summed E-state index contributed by atoms with van der Waals surface area (Å²) >= 11 is 9.02. The maximum atomic E-state index is 12.9. The van der Waals surface area contributed by atoms with Gasteiger partial charge < -0.3 is 19.5 Å². The zero-order valence-corrected chi connectivity index (χ0v) is 24.8. The lowest BCUT2D eigenvalue weighted by molar-refractivity contribution is -0.123. The van der Waals surface area contributed by atoms with Crippen LogP contribution >= 0.6 is 46.0 Å². The van der Waals surface area contributed by atoms with E-state index in [1.165, 1.54) is 7.11 Å². The fraction of sp³-hybridized carbons (Fsp3) is 0.179. The first-order valence-corrected chi connectivity index (χ1v) is 14.0. The number of nitrogens with zero attached hydrogens (tertiary/aromatic N) is 1. The number of nitrogens with one attached hydrogen (secondary N) is 1. The molecule has 39 heavy (non-hydrogen) atoms. The third-order valence-corrected chi connectivity index (χ3v) is 7.50. The molecule has 0 atom stereocenters. The van der Waals surface area contributed by atoms with Crippen molar-refractivity contribution >= 4 is 74.8 Å². The average Bonchev–Trinajstić information content (AvgIpc) is 3.16. The number of benzene rings is 3. The van der Waals surface area contributed by atoms with Crippen molar-refractivity contribution in [3.63, 3.8) is 0 Å². The summed E-state index contributed by atoms with van der Waals surface area (Å²) in [4.78, 5) is 39.2. The van der Waals surface area contributed by atoms with E-state index in [2.05, 4.69) is 27.9 Å². The summed E-state index contributed by atoms with van der Waals surface area (Å²) in [5.41, 5.74) is 2.36. The van der Waals surface area contributed by atoms with Gasteiger partial charge in [-0.15, -0.1) is 0 Å². The SMILES string of the molecule is COc1cc(/C=C2\SC(=O)N(CCOc3ccccc3Cl)C2=O)cc(I)c1OCC(=O)Nc1cccc(C)c1. The second kappa shape index (κ2) is 13.2. The van der Waals surface area contributed by atoms with Gasteiger partial charge in [-0.1, -0.05) is 35.9 Å². The van der Waals surface area contributed by atoms with Crippen LogP contribution in [0.3, 0.4) is 0 Å². The minimum absolute atomic E-state index is 0.0888. The maximum absolute atomic E-state index is 12.9. The third kappa shape index (κ3) is 7.46. The van der Waals surface area contributed by atoms with Gasteiger partial charge in [-0.2, -0.15) is 0 Å². The molecule has 1 saturated heterocycles. The summed E-state index contributed by atoms with van der Waals surface area (Å²) in [7, 11) is 1.49. The van der Waals surface area contributed by atoms with Crippen molar-refractivity contribution in [2.45, 2.75) is 6.92 Å². The van der Waals surface area contributed by atoms with Gasteiger partial charge in [-0.25, -0.2) is 0 Å². The highest BCUT2D eigenvalue weighted by Gasteiger charge is 2.35. The number of para-hydroxylation sites is 1. The largest absolute Gasteiger partial charge is 0.493 e. The lowest BCUT2D eigenvalue weighted by Gasteiger charge is -2.14. The summed E-state index contributed by atoms with van der Waals surface area (Å²) in [5, 5.41) is 2.87. The number of aryl methyl sites for hydroxylation is 1. The molecule has 1 aliphatic rings. The highest BCUT2D eigenvalue weighted by atomic mass is 127. The van der Waals surface area contributed by atoms with Gasteiger partial charge >= 0.3 is 0 Å². The van der Waals surface area contributed by atoms with Crippen molar-refractivity contribution in [2.24, 2.45) is 0 Å². The number of hydrogen-bond acceptors (Lipinski definition) is 7. The second-order valence-electron chi connectivity index (χ2n) is 8.35. The Balaban J connectivity index is 1.40. The van der Waals surface area contributed by atoms with Crippen molar-refractivity contribution in [3.8, 4) is 17.2 Å². The van der Waals surface area contributed by atoms with Crippen molar-refractivity contribution in [1.29, 1.82) is 0 Å². The molecule has 3 aromatic carbocycles. The fourth-order valence-electron chi connectivity index (χ4n) is 3.67. The fourth-order valence-corrected chi connectivity index (χ4v) is 5.51. The van der Waals surface area contributed by atoms with Crippen LogP contribution in [0, 0.1) is 10.5 Å². The molecule has 0 saturated carbocycles. The Morgan fingerprint density at radius 2 is 1.87 bits per heavy atom. The van der Waals surface area contributed by atoms with E-state index in [0.717, 1.165) is 22.2 Å². The molecule has 202 valence electrons. The predicted molar refractivity (Wildman–Crippen MR) is 161 cm³/mol. The molecule has 4 rings (SSSR count). The van der Waals surface area contributed by atoms with Crippen LogP contribution in [0.5, 0.6) is 17.2 Å². The summed E-state index contributed by atoms with van der Waals surface area (Å²) in [6.07, 6.45) is 1.62. The molecule has 0 bridgehead atoms. The van der Waals surface area contributed by atoms with Gasteiger partial charge in [-0.05, 0) is 94.9 Å². The summed E-state index contributed by atoms with van der Waals surface area (Å²) in [6, 6.07) is 17.9. The number of carbonyl (C=O) groups excluding carboxylic acids is 3. The Hall–Kier alpha value is -3.22. The van der Waals surface area contributed by atoms with Gasteiger partial charge in [0, 0.05) is 5.69 Å². The summed E-state index contributed by atoms with van der Waals surface area (Å²) in [5.74, 6) is 0.561. The van der Waals surface area contributed by atoms with Crippen LogP contribution < -0.4 is 19.5 Å². The molecule has 0 aromatic heterocycles. The third-order valence-electron chi connectivity index (χ3n) is 5.48. The number of amides is 3. The van der Waals surface area contributed by atoms with E-state index < -0.39 is 5.91 Å². The molecule has 3 aromatic rings. The normalized spacial score (nSPS) is 14.1. The number of imide groups is 1. The number of thioether (sulfide) groups is 1. The van der Waals surface area contributed by atoms with Crippen molar-refractivity contribution < 1.29 is 28.6 Å². The maximum Gasteiger partial charge on any atom is 0.293 e. The second-order valence-corrected chi connectivity index (χ2v) is 10.9. The topological polar surface area (TPSA) is 94.2 Å². The molecule has 1 aliphatic heterocycles. The Morgan fingerprint density at radius 3 is 2.62 bits per heavy atom. The van der Waals surface area contributed by atoms with Crippen LogP contribution in [-0.2, 0) is 9.59 Å². The monoisotopic (exact) mass is 678 g/mol. The minimum Gasteiger partial charge on any atom is -0.493 e. The number of anilines is 1. The Bertz CT molecular complexity index is 1450. The number of methoxy groups -OCH3 is 1. The molecule has 0 aliphatic carbocycles. The molecule has 1 heterocycles. The van der Waals surface area contributed by atoms with Crippen LogP contribution in [0.15, 0.2) is 65.6 Å². The first-order valence-electron chi connectivity index (χ1n) is 11.7. The van der Waals surface area contributed by atoms with E-state index in [9.17, 15) is 14.4 Å². The molecule has 3 amide bonds. The number of halogens is 2. The van der Waals surface area contributed by atoms with Crippen LogP contribution in [0.1, 0.15) is 11.1 Å². The zero-order chi connectivity index (χ0) is 27.9. The van der Waals surface area contributed by atoms with E-state index >= 15 is 0 Å². The first-order chi connectivity index (χ1) is 18.7. The molecule has 1 N–H and O–H groups in total. The molecular formula is C28H24ClIN2O6S. The molecule has 0 spiro atoms. The number of ether oxygens (including phenoxy) is 3. The summed E-state index contributed by atoms with van der Waals surface area (Å²) in [6.45, 7) is 1.93. The van der Waals surface area contributed by atoms with Crippen LogP contribution in [-0.4, -0.2) is 48.8 Å². The van der Waals surface area contributed by atoms with Gasteiger partial charge in [0.25, 0.3) is 17.1 Å². The molecule has 1 fully saturated rings. The lowest BCUT2D eigenvalue weighted by atomic mass is 10.2. The van der Waals surface area contributed by atoms with Gasteiger partial charge in [0.15, 0.2) is 18.1 Å². The van der Waals surface area contributed by atoms with Gasteiger partial charge in [-0.3, -0.25) is 19.3 Å². The standard InChI is InChI=1S/C28H24ClIN2O6S/c1-17-6-5-7-19(12-17)31-25(33)16-38-26-21(30)13-18(14-23(26)36-2)15-24-27(34)32(28(35)39-24)10-11-37-22-9-4-3-8-20(22)29/h3-9,12-15H,10-11,16H2,1-2H3,(H,31,33)/b24-15-. The Morgan fingerprint density at radius 1 is 1.08 bits per heavy atom. The minimum atomic E-state index is -0.408. The Kier molecular flexibility index (Phi) is 9.76. The molecule has 0 radical (unpaired) electrons. The zero-order valence-electron chi connectivity index (χ0n) is 21.0. The lowest BCUT2D eigenvalue weighted by Crippen LogP contribution is -2.32. The molecule has 11 heteroatoms. The smallest absolute Gasteiger partial charge is 0.293 e. The van der Waals surface area contributed by atoms with Crippen LogP contribution in [0.4, 0.5) is 10.5 Å². The predicted octanol–water partition coefficient (Wildman–Crippen LogP) is 6.39. The highest BCUT2D eigenvalue weighted by molar-refractivity contribution is 14.1. The van der Waals surface area contributed by atoms with Crippen LogP contribution in [0.25, 0.3) is 6.08 Å². The van der Waals surface area contributed by atoms with E-state index in [0.29, 0.717) is 37.1 Å². The first kappa shape index (κ1) is 28.8. The van der Waals surface area contributed by atoms with E-state index in [1.54, 1.807) is 48.5 Å². The van der Waals surface area contributed by atoms with Gasteiger partial charge in [0.05, 0.1) is 27.2 Å². The number of hydrogen-bond donors (Lipinski definition) is 1. The number of rotatable bonds is 10. The molecule has 0 unspecified atom stereocenters. The van der Waals surface area contributed by atoms with Crippen molar-refractivity contribution in [3.05, 3.63) is 85.3 Å². The van der Waals surface area contributed by atoms with Crippen molar-refractivity contribution in [1.82, 2.24) is 4.90 Å². The quantitative estimate of drug-likeness (QED) is 0.196. The molecule has 8 nitrogen and oxygen atoms in total. The van der Waals surface area contributed by atoms with E-state index in [4.69, 9.17) is 25.8 Å². The number of carbonyl (C=O) groups is 3. The summed E-state index contributed by atoms with van der Waals surface area (Å²) < 4.78 is 17.5. The van der Waals surface area contributed by atoms with E-state index in [1.807, 2.05) is 25.1 Å².